The molecule has 5 heteroatoms. The van der Waals surface area contributed by atoms with Crippen molar-refractivity contribution in [1.82, 2.24) is 20.5 Å². The summed E-state index contributed by atoms with van der Waals surface area (Å²) in [5.74, 6) is 0.734. The monoisotopic (exact) mass is 284 g/mol. The summed E-state index contributed by atoms with van der Waals surface area (Å²) in [5.41, 5.74) is 2.48. The molecule has 1 aliphatic rings. The van der Waals surface area contributed by atoms with Crippen molar-refractivity contribution in [2.75, 3.05) is 0 Å². The molecule has 1 heterocycles. The maximum atomic E-state index is 12.2. The molecular weight excluding hydrogens is 264 g/mol. The Morgan fingerprint density at radius 1 is 1.24 bits per heavy atom. The molecule has 1 amide bonds. The average Bonchev–Trinajstić information content (AvgIpc) is 3.04. The number of nitrogens with zero attached hydrogens (tertiary/aromatic N) is 2. The standard InChI is InChI=1S/C16H20N4O/c1-16(2,3)15-18-13(19-20-15)14(21)17-12-8-10-6-4-5-7-11(10)9-12/h4-7,12H,8-9H2,1-3H3,(H,17,21)(H,18,19,20). The van der Waals surface area contributed by atoms with Gasteiger partial charge in [0.25, 0.3) is 5.91 Å². The van der Waals surface area contributed by atoms with Crippen LogP contribution in [-0.2, 0) is 18.3 Å². The van der Waals surface area contributed by atoms with E-state index in [0.717, 1.165) is 18.7 Å². The third-order valence-electron chi connectivity index (χ3n) is 3.79. The van der Waals surface area contributed by atoms with Crippen LogP contribution in [0.2, 0.25) is 0 Å². The Morgan fingerprint density at radius 2 is 1.86 bits per heavy atom. The molecule has 2 aromatic rings. The zero-order valence-electron chi connectivity index (χ0n) is 12.6. The molecule has 0 bridgehead atoms. The molecule has 1 aliphatic carbocycles. The van der Waals surface area contributed by atoms with Gasteiger partial charge in [0.2, 0.25) is 5.82 Å². The van der Waals surface area contributed by atoms with Gasteiger partial charge in [0, 0.05) is 11.5 Å². The Kier molecular flexibility index (Phi) is 3.27. The summed E-state index contributed by atoms with van der Waals surface area (Å²) in [6.07, 6.45) is 1.75. The van der Waals surface area contributed by atoms with Gasteiger partial charge in [0.05, 0.1) is 0 Å². The van der Waals surface area contributed by atoms with Crippen molar-refractivity contribution in [2.24, 2.45) is 0 Å². The van der Waals surface area contributed by atoms with Gasteiger partial charge in [-0.3, -0.25) is 9.89 Å². The molecule has 0 spiro atoms. The molecule has 1 aromatic heterocycles. The van der Waals surface area contributed by atoms with Gasteiger partial charge in [0.1, 0.15) is 5.82 Å². The first-order valence-corrected chi connectivity index (χ1v) is 7.24. The molecule has 0 saturated heterocycles. The number of aromatic nitrogens is 3. The quantitative estimate of drug-likeness (QED) is 0.886. The van der Waals surface area contributed by atoms with Crippen LogP contribution in [0.4, 0.5) is 0 Å². The van der Waals surface area contributed by atoms with Gasteiger partial charge in [-0.05, 0) is 24.0 Å². The smallest absolute Gasteiger partial charge is 0.291 e. The Morgan fingerprint density at radius 3 is 2.38 bits per heavy atom. The number of benzene rings is 1. The van der Waals surface area contributed by atoms with Crippen LogP contribution in [0.3, 0.4) is 0 Å². The number of nitrogens with one attached hydrogen (secondary N) is 2. The van der Waals surface area contributed by atoms with E-state index < -0.39 is 0 Å². The zero-order valence-corrected chi connectivity index (χ0v) is 12.6. The van der Waals surface area contributed by atoms with Gasteiger partial charge in [-0.25, -0.2) is 4.98 Å². The fourth-order valence-electron chi connectivity index (χ4n) is 2.61. The second-order valence-corrected chi connectivity index (χ2v) is 6.60. The van der Waals surface area contributed by atoms with Crippen LogP contribution in [0.25, 0.3) is 0 Å². The highest BCUT2D eigenvalue weighted by Gasteiger charge is 2.25. The molecule has 0 saturated carbocycles. The van der Waals surface area contributed by atoms with Crippen LogP contribution in [0.5, 0.6) is 0 Å². The number of hydrogen-bond acceptors (Lipinski definition) is 3. The summed E-state index contributed by atoms with van der Waals surface area (Å²) in [6.45, 7) is 6.09. The van der Waals surface area contributed by atoms with E-state index in [2.05, 4.69) is 32.6 Å². The minimum absolute atomic E-state index is 0.131. The fourth-order valence-corrected chi connectivity index (χ4v) is 2.61. The molecule has 0 atom stereocenters. The van der Waals surface area contributed by atoms with Gasteiger partial charge >= 0.3 is 0 Å². The Balaban J connectivity index is 1.67. The van der Waals surface area contributed by atoms with E-state index >= 15 is 0 Å². The van der Waals surface area contributed by atoms with E-state index in [9.17, 15) is 4.79 Å². The van der Waals surface area contributed by atoms with Crippen molar-refractivity contribution >= 4 is 5.91 Å². The lowest BCUT2D eigenvalue weighted by Gasteiger charge is -2.13. The second kappa shape index (κ2) is 4.98. The predicted octanol–water partition coefficient (Wildman–Crippen LogP) is 2.00. The third kappa shape index (κ3) is 2.82. The van der Waals surface area contributed by atoms with E-state index in [1.54, 1.807) is 0 Å². The van der Waals surface area contributed by atoms with Crippen LogP contribution < -0.4 is 5.32 Å². The normalized spacial score (nSPS) is 15.0. The number of aromatic amines is 1. The lowest BCUT2D eigenvalue weighted by molar-refractivity contribution is 0.0928. The topological polar surface area (TPSA) is 70.7 Å². The Bertz CT molecular complexity index is 644. The van der Waals surface area contributed by atoms with E-state index in [1.807, 2.05) is 32.9 Å². The minimum Gasteiger partial charge on any atom is -0.346 e. The van der Waals surface area contributed by atoms with Crippen LogP contribution in [0.1, 0.15) is 48.3 Å². The van der Waals surface area contributed by atoms with Gasteiger partial charge in [-0.2, -0.15) is 0 Å². The van der Waals surface area contributed by atoms with Crippen molar-refractivity contribution < 1.29 is 4.79 Å². The van der Waals surface area contributed by atoms with Gasteiger partial charge in [-0.15, -0.1) is 5.10 Å². The fraction of sp³-hybridized carbons (Fsp3) is 0.438. The molecule has 0 aliphatic heterocycles. The average molecular weight is 284 g/mol. The highest BCUT2D eigenvalue weighted by atomic mass is 16.2. The number of hydrogen-bond donors (Lipinski definition) is 2. The largest absolute Gasteiger partial charge is 0.346 e. The number of rotatable bonds is 2. The molecule has 0 fully saturated rings. The van der Waals surface area contributed by atoms with Crippen LogP contribution >= 0.6 is 0 Å². The maximum Gasteiger partial charge on any atom is 0.291 e. The minimum atomic E-state index is -0.209. The molecular formula is C16H20N4O. The molecule has 21 heavy (non-hydrogen) atoms. The van der Waals surface area contributed by atoms with E-state index in [1.165, 1.54) is 11.1 Å². The Hall–Kier alpha value is -2.17. The molecule has 110 valence electrons. The number of fused-ring (bicyclic) bond motifs is 1. The van der Waals surface area contributed by atoms with Crippen LogP contribution in [-0.4, -0.2) is 27.1 Å². The highest BCUT2D eigenvalue weighted by Crippen LogP contribution is 2.22. The van der Waals surface area contributed by atoms with Crippen molar-refractivity contribution in [1.29, 1.82) is 0 Å². The summed E-state index contributed by atoms with van der Waals surface area (Å²) in [5, 5.41) is 9.90. The lowest BCUT2D eigenvalue weighted by atomic mass is 9.96. The van der Waals surface area contributed by atoms with Gasteiger partial charge in [-0.1, -0.05) is 45.0 Å². The van der Waals surface area contributed by atoms with Crippen LogP contribution in [0.15, 0.2) is 24.3 Å². The summed E-state index contributed by atoms with van der Waals surface area (Å²) in [7, 11) is 0. The molecule has 3 rings (SSSR count). The predicted molar refractivity (Wildman–Crippen MR) is 80.2 cm³/mol. The summed E-state index contributed by atoms with van der Waals surface area (Å²) >= 11 is 0. The molecule has 5 nitrogen and oxygen atoms in total. The van der Waals surface area contributed by atoms with E-state index in [-0.39, 0.29) is 23.2 Å². The zero-order chi connectivity index (χ0) is 15.0. The highest BCUT2D eigenvalue weighted by molar-refractivity contribution is 5.90. The first kappa shape index (κ1) is 13.8. The summed E-state index contributed by atoms with van der Waals surface area (Å²) in [6, 6.07) is 8.44. The van der Waals surface area contributed by atoms with Crippen molar-refractivity contribution in [3.05, 3.63) is 47.0 Å². The van der Waals surface area contributed by atoms with Crippen LogP contribution in [0, 0.1) is 0 Å². The van der Waals surface area contributed by atoms with E-state index in [0.29, 0.717) is 0 Å². The number of H-pyrrole nitrogens is 1. The first-order valence-electron chi connectivity index (χ1n) is 7.24. The molecule has 1 aromatic carbocycles. The summed E-state index contributed by atoms with van der Waals surface area (Å²) < 4.78 is 0. The van der Waals surface area contributed by atoms with Crippen molar-refractivity contribution in [3.8, 4) is 0 Å². The molecule has 0 unspecified atom stereocenters. The first-order chi connectivity index (χ1) is 9.93. The number of carbonyl (C=O) groups excluding carboxylic acids is 1. The molecule has 2 N–H and O–H groups in total. The number of amides is 1. The lowest BCUT2D eigenvalue weighted by Crippen LogP contribution is -2.36. The third-order valence-corrected chi connectivity index (χ3v) is 3.79. The SMILES string of the molecule is CC(C)(C)c1nc(C(=O)NC2Cc3ccccc3C2)n[nH]1. The summed E-state index contributed by atoms with van der Waals surface area (Å²) in [4.78, 5) is 16.5. The molecule has 0 radical (unpaired) electrons. The Labute approximate surface area is 124 Å². The second-order valence-electron chi connectivity index (χ2n) is 6.60. The van der Waals surface area contributed by atoms with Crippen molar-refractivity contribution in [2.45, 2.75) is 45.1 Å². The van der Waals surface area contributed by atoms with Gasteiger partial charge in [0.15, 0.2) is 0 Å². The maximum absolute atomic E-state index is 12.2. The van der Waals surface area contributed by atoms with Crippen molar-refractivity contribution in [3.63, 3.8) is 0 Å². The van der Waals surface area contributed by atoms with Gasteiger partial charge < -0.3 is 5.32 Å². The number of carbonyl (C=O) groups is 1. The van der Waals surface area contributed by atoms with E-state index in [4.69, 9.17) is 0 Å².